The van der Waals surface area contributed by atoms with Gasteiger partial charge in [0.05, 0.1) is 23.0 Å². The average Bonchev–Trinajstić information content (AvgIpc) is 2.80. The zero-order valence-corrected chi connectivity index (χ0v) is 17.3. The van der Waals surface area contributed by atoms with E-state index in [0.29, 0.717) is 32.0 Å². The van der Waals surface area contributed by atoms with Gasteiger partial charge in [-0.25, -0.2) is 8.42 Å². The largest absolute Gasteiger partial charge is 0.379 e. The summed E-state index contributed by atoms with van der Waals surface area (Å²) in [6.07, 6.45) is 2.83. The standard InChI is InChI=1S/C21H23N3O5S/c25-24(26)21-16-19(30(27,28)23-12-14-29-15-13-23)6-7-20(21)22-10-8-18(9-11-22)17-4-2-1-3-5-17/h1-8,16H,9-15H2. The van der Waals surface area contributed by atoms with E-state index in [-0.39, 0.29) is 23.7 Å². The lowest BCUT2D eigenvalue weighted by atomic mass is 9.99. The molecule has 30 heavy (non-hydrogen) atoms. The first kappa shape index (κ1) is 20.5. The van der Waals surface area contributed by atoms with Crippen molar-refractivity contribution in [3.05, 3.63) is 70.3 Å². The van der Waals surface area contributed by atoms with E-state index in [9.17, 15) is 18.5 Å². The molecular formula is C21H23N3O5S. The summed E-state index contributed by atoms with van der Waals surface area (Å²) in [5.41, 5.74) is 2.60. The van der Waals surface area contributed by atoms with E-state index in [1.165, 1.54) is 22.0 Å². The van der Waals surface area contributed by atoms with Gasteiger partial charge in [-0.1, -0.05) is 36.4 Å². The van der Waals surface area contributed by atoms with Crippen molar-refractivity contribution in [1.82, 2.24) is 4.31 Å². The van der Waals surface area contributed by atoms with E-state index in [2.05, 4.69) is 18.2 Å². The van der Waals surface area contributed by atoms with Crippen LogP contribution >= 0.6 is 0 Å². The van der Waals surface area contributed by atoms with Crippen LogP contribution in [-0.4, -0.2) is 57.0 Å². The number of nitro benzene ring substituents is 1. The fraction of sp³-hybridized carbons (Fsp3) is 0.333. The predicted octanol–water partition coefficient (Wildman–Crippen LogP) is 2.91. The molecule has 0 bridgehead atoms. The highest BCUT2D eigenvalue weighted by atomic mass is 32.2. The van der Waals surface area contributed by atoms with Gasteiger partial charge >= 0.3 is 0 Å². The highest BCUT2D eigenvalue weighted by Gasteiger charge is 2.30. The molecule has 2 aliphatic rings. The molecule has 1 saturated heterocycles. The number of nitrogens with zero attached hydrogens (tertiary/aromatic N) is 3. The summed E-state index contributed by atoms with van der Waals surface area (Å²) >= 11 is 0. The fourth-order valence-corrected chi connectivity index (χ4v) is 5.24. The maximum Gasteiger partial charge on any atom is 0.293 e. The van der Waals surface area contributed by atoms with Gasteiger partial charge in [0.25, 0.3) is 5.69 Å². The monoisotopic (exact) mass is 429 g/mol. The van der Waals surface area contributed by atoms with Crippen LogP contribution in [0.4, 0.5) is 11.4 Å². The van der Waals surface area contributed by atoms with E-state index < -0.39 is 14.9 Å². The minimum atomic E-state index is -3.79. The molecule has 0 N–H and O–H groups in total. The van der Waals surface area contributed by atoms with Crippen LogP contribution in [0.1, 0.15) is 12.0 Å². The Balaban J connectivity index is 1.60. The van der Waals surface area contributed by atoms with E-state index in [1.54, 1.807) is 6.07 Å². The van der Waals surface area contributed by atoms with E-state index in [0.717, 1.165) is 12.0 Å². The third kappa shape index (κ3) is 4.09. The fourth-order valence-electron chi connectivity index (χ4n) is 3.82. The lowest BCUT2D eigenvalue weighted by Crippen LogP contribution is -2.40. The first-order chi connectivity index (χ1) is 14.5. The van der Waals surface area contributed by atoms with Gasteiger partial charge in [-0.3, -0.25) is 10.1 Å². The number of hydrogen-bond acceptors (Lipinski definition) is 6. The summed E-state index contributed by atoms with van der Waals surface area (Å²) < 4.78 is 32.3. The zero-order chi connectivity index (χ0) is 21.1. The second-order valence-electron chi connectivity index (χ2n) is 7.22. The molecule has 158 valence electrons. The molecule has 0 atom stereocenters. The highest BCUT2D eigenvalue weighted by molar-refractivity contribution is 7.89. The number of hydrogen-bond donors (Lipinski definition) is 0. The summed E-state index contributed by atoms with van der Waals surface area (Å²) in [7, 11) is -3.79. The van der Waals surface area contributed by atoms with Gasteiger partial charge in [-0.15, -0.1) is 0 Å². The number of benzene rings is 2. The first-order valence-corrected chi connectivity index (χ1v) is 11.3. The number of nitro groups is 1. The van der Waals surface area contributed by atoms with E-state index >= 15 is 0 Å². The Morgan fingerprint density at radius 3 is 2.37 bits per heavy atom. The van der Waals surface area contributed by atoms with Crippen molar-refractivity contribution in [2.24, 2.45) is 0 Å². The number of anilines is 1. The summed E-state index contributed by atoms with van der Waals surface area (Å²) in [5.74, 6) is 0. The molecule has 0 radical (unpaired) electrons. The molecule has 0 aliphatic carbocycles. The van der Waals surface area contributed by atoms with Gasteiger partial charge < -0.3 is 9.64 Å². The van der Waals surface area contributed by atoms with Crippen LogP contribution in [0.15, 0.2) is 59.5 Å². The Kier molecular flexibility index (Phi) is 5.85. The number of rotatable bonds is 5. The minimum absolute atomic E-state index is 0.0580. The van der Waals surface area contributed by atoms with Gasteiger partial charge in [-0.05, 0) is 29.7 Å². The van der Waals surface area contributed by atoms with Gasteiger partial charge in [0.2, 0.25) is 10.0 Å². The predicted molar refractivity (Wildman–Crippen MR) is 114 cm³/mol. The zero-order valence-electron chi connectivity index (χ0n) is 16.4. The topological polar surface area (TPSA) is 93.0 Å². The highest BCUT2D eigenvalue weighted by Crippen LogP contribution is 2.34. The lowest BCUT2D eigenvalue weighted by Gasteiger charge is -2.29. The van der Waals surface area contributed by atoms with Crippen molar-refractivity contribution in [2.45, 2.75) is 11.3 Å². The molecule has 2 aromatic carbocycles. The Labute approximate surface area is 175 Å². The third-order valence-electron chi connectivity index (χ3n) is 5.45. The van der Waals surface area contributed by atoms with Gasteiger partial charge in [0, 0.05) is 32.2 Å². The molecule has 0 unspecified atom stereocenters. The number of morpholine rings is 1. The van der Waals surface area contributed by atoms with Crippen LogP contribution in [0.25, 0.3) is 5.57 Å². The van der Waals surface area contributed by atoms with Crippen molar-refractivity contribution in [3.8, 4) is 0 Å². The second-order valence-corrected chi connectivity index (χ2v) is 9.15. The molecular weight excluding hydrogens is 406 g/mol. The maximum atomic E-state index is 12.9. The SMILES string of the molecule is O=[N+]([O-])c1cc(S(=O)(=O)N2CCOCC2)ccc1N1CC=C(c2ccccc2)CC1. The molecule has 0 spiro atoms. The van der Waals surface area contributed by atoms with E-state index in [1.807, 2.05) is 23.1 Å². The van der Waals surface area contributed by atoms with Crippen LogP contribution < -0.4 is 4.90 Å². The third-order valence-corrected chi connectivity index (χ3v) is 7.34. The summed E-state index contributed by atoms with van der Waals surface area (Å²) in [5, 5.41) is 11.7. The normalized spacial score (nSPS) is 18.1. The molecule has 0 aromatic heterocycles. The van der Waals surface area contributed by atoms with Gasteiger partial charge in [-0.2, -0.15) is 4.31 Å². The van der Waals surface area contributed by atoms with Crippen LogP contribution in [-0.2, 0) is 14.8 Å². The summed E-state index contributed by atoms with van der Waals surface area (Å²) in [6.45, 7) is 2.29. The maximum absolute atomic E-state index is 12.9. The van der Waals surface area contributed by atoms with Crippen LogP contribution in [0, 0.1) is 10.1 Å². The van der Waals surface area contributed by atoms with Crippen LogP contribution in [0.5, 0.6) is 0 Å². The minimum Gasteiger partial charge on any atom is -0.379 e. The summed E-state index contributed by atoms with van der Waals surface area (Å²) in [6, 6.07) is 14.2. The Morgan fingerprint density at radius 2 is 1.73 bits per heavy atom. The number of ether oxygens (including phenoxy) is 1. The Hall–Kier alpha value is -2.75. The van der Waals surface area contributed by atoms with Crippen molar-refractivity contribution in [1.29, 1.82) is 0 Å². The molecule has 2 aliphatic heterocycles. The molecule has 1 fully saturated rings. The van der Waals surface area contributed by atoms with Crippen LogP contribution in [0.3, 0.4) is 0 Å². The van der Waals surface area contributed by atoms with E-state index in [4.69, 9.17) is 4.74 Å². The molecule has 2 aromatic rings. The Morgan fingerprint density at radius 1 is 1.00 bits per heavy atom. The average molecular weight is 429 g/mol. The number of sulfonamides is 1. The molecule has 2 heterocycles. The molecule has 0 amide bonds. The molecule has 0 saturated carbocycles. The van der Waals surface area contributed by atoms with Crippen LogP contribution in [0.2, 0.25) is 0 Å². The summed E-state index contributed by atoms with van der Waals surface area (Å²) in [4.78, 5) is 13.1. The van der Waals surface area contributed by atoms with Gasteiger partial charge in [0.15, 0.2) is 0 Å². The first-order valence-electron chi connectivity index (χ1n) is 9.82. The van der Waals surface area contributed by atoms with Crippen molar-refractivity contribution in [3.63, 3.8) is 0 Å². The lowest BCUT2D eigenvalue weighted by molar-refractivity contribution is -0.384. The van der Waals surface area contributed by atoms with Crippen molar-refractivity contribution >= 4 is 27.0 Å². The van der Waals surface area contributed by atoms with Gasteiger partial charge in [0.1, 0.15) is 5.69 Å². The smallest absolute Gasteiger partial charge is 0.293 e. The quantitative estimate of drug-likeness (QED) is 0.536. The van der Waals surface area contributed by atoms with Crippen molar-refractivity contribution in [2.75, 3.05) is 44.3 Å². The molecule has 9 heteroatoms. The van der Waals surface area contributed by atoms with Crippen molar-refractivity contribution < 1.29 is 18.1 Å². The molecule has 4 rings (SSSR count). The molecule has 8 nitrogen and oxygen atoms in total. The second kappa shape index (κ2) is 8.55. The Bertz CT molecular complexity index is 1060.